The van der Waals surface area contributed by atoms with E-state index < -0.39 is 4.92 Å². The zero-order chi connectivity index (χ0) is 26.0. The van der Waals surface area contributed by atoms with Gasteiger partial charge in [0.1, 0.15) is 5.00 Å². The van der Waals surface area contributed by atoms with Crippen molar-refractivity contribution < 1.29 is 14.5 Å². The molecule has 0 unspecified atom stereocenters. The molecule has 0 saturated heterocycles. The van der Waals surface area contributed by atoms with Crippen molar-refractivity contribution in [1.82, 2.24) is 0 Å². The Balaban J connectivity index is 1.71. The number of fused-ring (bicyclic) bond motifs is 1. The first kappa shape index (κ1) is 25.9. The number of nitrogens with one attached hydrogen (secondary N) is 1. The summed E-state index contributed by atoms with van der Waals surface area (Å²) in [6, 6.07) is 11.6. The van der Waals surface area contributed by atoms with Crippen LogP contribution in [0.15, 0.2) is 47.5 Å². The Bertz CT molecular complexity index is 1330. The molecule has 0 aliphatic heterocycles. The molecule has 7 nitrogen and oxygen atoms in total. The van der Waals surface area contributed by atoms with Crippen LogP contribution in [0.3, 0.4) is 0 Å². The Morgan fingerprint density at radius 1 is 1.25 bits per heavy atom. The number of hydrogen-bond donors (Lipinski definition) is 1. The Hall–Kier alpha value is -3.23. The molecule has 1 N–H and O–H groups in total. The average Bonchev–Trinajstić information content (AvgIpc) is 3.21. The number of nitrogens with zero attached hydrogens (tertiary/aromatic N) is 2. The smallest absolute Gasteiger partial charge is 0.311 e. The van der Waals surface area contributed by atoms with E-state index in [1.807, 2.05) is 0 Å². The van der Waals surface area contributed by atoms with Crippen LogP contribution in [0.2, 0.25) is 5.02 Å². The number of anilines is 1. The van der Waals surface area contributed by atoms with Crippen molar-refractivity contribution >= 4 is 51.4 Å². The predicted molar refractivity (Wildman–Crippen MR) is 146 cm³/mol. The lowest BCUT2D eigenvalue weighted by Crippen LogP contribution is -2.27. The first-order valence-corrected chi connectivity index (χ1v) is 12.8. The van der Waals surface area contributed by atoms with Gasteiger partial charge in [0.2, 0.25) is 0 Å². The molecule has 1 aromatic heterocycles. The molecule has 9 heteroatoms. The third-order valence-corrected chi connectivity index (χ3v) is 7.95. The monoisotopic (exact) mass is 525 g/mol. The lowest BCUT2D eigenvalue weighted by atomic mass is 9.72. The van der Waals surface area contributed by atoms with E-state index >= 15 is 0 Å². The highest BCUT2D eigenvalue weighted by Crippen LogP contribution is 2.45. The molecule has 2 aromatic carbocycles. The number of methoxy groups -OCH3 is 1. The molecule has 1 atom stereocenters. The number of carbonyl (C=O) groups is 1. The van der Waals surface area contributed by atoms with Crippen LogP contribution in [0.4, 0.5) is 16.4 Å². The third-order valence-electron chi connectivity index (χ3n) is 6.53. The molecule has 3 aromatic rings. The molecule has 188 valence electrons. The van der Waals surface area contributed by atoms with Crippen LogP contribution in [-0.4, -0.2) is 24.2 Å². The van der Waals surface area contributed by atoms with Gasteiger partial charge in [0.15, 0.2) is 5.75 Å². The molecule has 1 aliphatic carbocycles. The molecule has 1 aliphatic rings. The quantitative estimate of drug-likeness (QED) is 0.205. The zero-order valence-corrected chi connectivity index (χ0v) is 22.2. The van der Waals surface area contributed by atoms with Gasteiger partial charge in [0.05, 0.1) is 17.6 Å². The van der Waals surface area contributed by atoms with E-state index in [1.165, 1.54) is 29.4 Å². The molecule has 0 bridgehead atoms. The van der Waals surface area contributed by atoms with Crippen molar-refractivity contribution in [2.24, 2.45) is 16.3 Å². The molecular formula is C27H28ClN3O4S. The molecule has 0 spiro atoms. The second-order valence-electron chi connectivity index (χ2n) is 9.90. The van der Waals surface area contributed by atoms with Gasteiger partial charge in [-0.15, -0.1) is 11.3 Å². The maximum atomic E-state index is 13.5. The van der Waals surface area contributed by atoms with Gasteiger partial charge >= 0.3 is 5.69 Å². The van der Waals surface area contributed by atoms with Gasteiger partial charge in [0, 0.05) is 27.9 Å². The van der Waals surface area contributed by atoms with Gasteiger partial charge < -0.3 is 10.1 Å². The number of halogens is 1. The van der Waals surface area contributed by atoms with Gasteiger partial charge in [-0.3, -0.25) is 14.9 Å². The molecule has 0 fully saturated rings. The summed E-state index contributed by atoms with van der Waals surface area (Å²) in [4.78, 5) is 30.2. The summed E-state index contributed by atoms with van der Waals surface area (Å²) in [5, 5.41) is 15.6. The molecule has 1 heterocycles. The number of benzene rings is 2. The highest BCUT2D eigenvalue weighted by Gasteiger charge is 2.33. The molecule has 0 radical (unpaired) electrons. The summed E-state index contributed by atoms with van der Waals surface area (Å²) in [6.45, 7) is 6.75. The van der Waals surface area contributed by atoms with E-state index in [0.29, 0.717) is 32.8 Å². The minimum absolute atomic E-state index is 0.138. The Morgan fingerprint density at radius 3 is 2.61 bits per heavy atom. The van der Waals surface area contributed by atoms with E-state index in [9.17, 15) is 14.9 Å². The van der Waals surface area contributed by atoms with Crippen molar-refractivity contribution in [3.05, 3.63) is 79.2 Å². The number of nitro groups is 1. The normalized spacial score (nSPS) is 15.5. The number of hydrogen-bond acceptors (Lipinski definition) is 6. The number of rotatable bonds is 6. The SMILES string of the molecule is COc1ccc(C=Nc2sc3c(c2C(=O)Nc2ccc(Cl)cc2)CC[C@H](C(C)(C)C)C3)cc1[N+](=O)[O-]. The van der Waals surface area contributed by atoms with Gasteiger partial charge in [-0.05, 0) is 78.1 Å². The number of aliphatic imine (C=N–C) groups is 1. The summed E-state index contributed by atoms with van der Waals surface area (Å²) < 4.78 is 5.09. The lowest BCUT2D eigenvalue weighted by Gasteiger charge is -2.33. The van der Waals surface area contributed by atoms with Gasteiger partial charge in [-0.2, -0.15) is 0 Å². The van der Waals surface area contributed by atoms with Crippen LogP contribution in [0, 0.1) is 21.4 Å². The summed E-state index contributed by atoms with van der Waals surface area (Å²) in [5.74, 6) is 0.466. The minimum atomic E-state index is -0.488. The molecule has 36 heavy (non-hydrogen) atoms. The maximum absolute atomic E-state index is 13.5. The number of nitro benzene ring substituents is 1. The van der Waals surface area contributed by atoms with Crippen molar-refractivity contribution in [3.63, 3.8) is 0 Å². The second kappa shape index (κ2) is 10.4. The van der Waals surface area contributed by atoms with Crippen molar-refractivity contribution in [3.8, 4) is 5.75 Å². The second-order valence-corrected chi connectivity index (χ2v) is 11.4. The van der Waals surface area contributed by atoms with Gasteiger partial charge in [-0.1, -0.05) is 32.4 Å². The summed E-state index contributed by atoms with van der Waals surface area (Å²) in [5.41, 5.74) is 2.83. The van der Waals surface area contributed by atoms with Crippen LogP contribution in [0.1, 0.15) is 53.6 Å². The Labute approximate surface area is 219 Å². The molecule has 1 amide bonds. The Morgan fingerprint density at radius 2 is 1.97 bits per heavy atom. The minimum Gasteiger partial charge on any atom is -0.490 e. The first-order chi connectivity index (χ1) is 17.1. The van der Waals surface area contributed by atoms with Crippen LogP contribution in [0.5, 0.6) is 5.75 Å². The topological polar surface area (TPSA) is 93.8 Å². The van der Waals surface area contributed by atoms with E-state index in [0.717, 1.165) is 24.8 Å². The summed E-state index contributed by atoms with van der Waals surface area (Å²) in [6.07, 6.45) is 4.27. The number of thiophene rings is 1. The molecule has 0 saturated carbocycles. The standard InChI is InChI=1S/C27H28ClN3O4S/c1-27(2,3)17-6-11-20-23(14-17)36-26(24(20)25(32)30-19-9-7-18(28)8-10-19)29-15-16-5-12-22(35-4)21(13-16)31(33)34/h5,7-10,12-13,15,17H,6,11,14H2,1-4H3,(H,30,32)/t17-/m0/s1. The number of carbonyl (C=O) groups excluding carboxylic acids is 1. The van der Waals surface area contributed by atoms with E-state index in [1.54, 1.807) is 42.6 Å². The predicted octanol–water partition coefficient (Wildman–Crippen LogP) is 7.47. The van der Waals surface area contributed by atoms with Crippen LogP contribution in [-0.2, 0) is 12.8 Å². The third kappa shape index (κ3) is 5.60. The number of ether oxygens (including phenoxy) is 1. The fourth-order valence-corrected chi connectivity index (χ4v) is 5.82. The van der Waals surface area contributed by atoms with Gasteiger partial charge in [-0.25, -0.2) is 4.99 Å². The summed E-state index contributed by atoms with van der Waals surface area (Å²) in [7, 11) is 1.39. The maximum Gasteiger partial charge on any atom is 0.311 e. The highest BCUT2D eigenvalue weighted by atomic mass is 35.5. The molecular weight excluding hydrogens is 498 g/mol. The van der Waals surface area contributed by atoms with Crippen molar-refractivity contribution in [2.45, 2.75) is 40.0 Å². The first-order valence-electron chi connectivity index (χ1n) is 11.6. The van der Waals surface area contributed by atoms with Gasteiger partial charge in [0.25, 0.3) is 5.91 Å². The zero-order valence-electron chi connectivity index (χ0n) is 20.6. The lowest BCUT2D eigenvalue weighted by molar-refractivity contribution is -0.385. The van der Waals surface area contributed by atoms with Crippen LogP contribution >= 0.6 is 22.9 Å². The summed E-state index contributed by atoms with van der Waals surface area (Å²) >= 11 is 7.51. The fraction of sp³-hybridized carbons (Fsp3) is 0.333. The van der Waals surface area contributed by atoms with Crippen molar-refractivity contribution in [2.75, 3.05) is 12.4 Å². The number of amides is 1. The van der Waals surface area contributed by atoms with Crippen LogP contribution in [0.25, 0.3) is 0 Å². The Kier molecular flexibility index (Phi) is 7.47. The molecule has 4 rings (SSSR count). The van der Waals surface area contributed by atoms with E-state index in [4.69, 9.17) is 16.3 Å². The average molecular weight is 526 g/mol. The fourth-order valence-electron chi connectivity index (χ4n) is 4.43. The largest absolute Gasteiger partial charge is 0.490 e. The van der Waals surface area contributed by atoms with Crippen LogP contribution < -0.4 is 10.1 Å². The van der Waals surface area contributed by atoms with E-state index in [-0.39, 0.29) is 22.8 Å². The highest BCUT2D eigenvalue weighted by molar-refractivity contribution is 7.16. The van der Waals surface area contributed by atoms with Crippen molar-refractivity contribution in [1.29, 1.82) is 0 Å². The van der Waals surface area contributed by atoms with E-state index in [2.05, 4.69) is 31.1 Å².